The van der Waals surface area contributed by atoms with Gasteiger partial charge in [-0.25, -0.2) is 4.98 Å². The van der Waals surface area contributed by atoms with E-state index in [1.54, 1.807) is 47.8 Å². The van der Waals surface area contributed by atoms with Gasteiger partial charge in [0.1, 0.15) is 60.4 Å². The van der Waals surface area contributed by atoms with Crippen molar-refractivity contribution in [3.63, 3.8) is 0 Å². The minimum Gasteiger partial charge on any atom is -0.481 e. The monoisotopic (exact) mass is 1350 g/mol. The van der Waals surface area contributed by atoms with Gasteiger partial charge in [0.25, 0.3) is 0 Å². The first kappa shape index (κ1) is 81.4. The Kier molecular flexibility index (Phi) is 35.6. The van der Waals surface area contributed by atoms with Crippen molar-refractivity contribution in [1.29, 1.82) is 0 Å². The van der Waals surface area contributed by atoms with Crippen molar-refractivity contribution < 1.29 is 77.3 Å². The van der Waals surface area contributed by atoms with E-state index in [0.717, 1.165) is 0 Å². The number of rotatable bonds is 45. The van der Waals surface area contributed by atoms with E-state index in [1.165, 1.54) is 24.3 Å². The third-order valence-corrected chi connectivity index (χ3v) is 16.1. The summed E-state index contributed by atoms with van der Waals surface area (Å²) in [6.07, 6.45) is 3.65. The predicted molar refractivity (Wildman–Crippen MR) is 344 cm³/mol. The van der Waals surface area contributed by atoms with Gasteiger partial charge in [0, 0.05) is 44.1 Å². The van der Waals surface area contributed by atoms with Gasteiger partial charge in [-0.05, 0) is 87.5 Å². The topological polar surface area (TPSA) is 597 Å². The molecule has 1 aliphatic carbocycles. The molecule has 94 heavy (non-hydrogen) atoms. The van der Waals surface area contributed by atoms with E-state index in [9.17, 15) is 77.3 Å². The van der Waals surface area contributed by atoms with E-state index < -0.39 is 199 Å². The number of aliphatic hydroxyl groups is 1. The first-order chi connectivity index (χ1) is 44.2. The summed E-state index contributed by atoms with van der Waals surface area (Å²) < 4.78 is 0. The summed E-state index contributed by atoms with van der Waals surface area (Å²) in [4.78, 5) is 199. The summed E-state index contributed by atoms with van der Waals surface area (Å²) in [5, 5.41) is 45.1. The van der Waals surface area contributed by atoms with Crippen LogP contribution in [-0.4, -0.2) is 200 Å². The molecule has 1 aromatic heterocycles. The fraction of sp³-hybridized carbons (Fsp3) is 0.690. The molecule has 11 atom stereocenters. The predicted octanol–water partition coefficient (Wildman–Crippen LogP) is -5.50. The molecule has 528 valence electrons. The first-order valence-corrected chi connectivity index (χ1v) is 32.6. The van der Waals surface area contributed by atoms with Gasteiger partial charge in [-0.1, -0.05) is 60.8 Å². The largest absolute Gasteiger partial charge is 0.481 e. The summed E-state index contributed by atoms with van der Waals surface area (Å²) in [5.74, 6) is -15.0. The molecule has 1 fully saturated rings. The lowest BCUT2D eigenvalue weighted by Crippen LogP contribution is -2.62. The van der Waals surface area contributed by atoms with Gasteiger partial charge < -0.3 is 103 Å². The maximum absolute atomic E-state index is 14.5. The quantitative estimate of drug-likeness (QED) is 0.0165. The molecule has 36 heteroatoms. The highest BCUT2D eigenvalue weighted by atomic mass is 32.2. The van der Waals surface area contributed by atoms with Crippen molar-refractivity contribution in [1.82, 2.24) is 63.1 Å². The Morgan fingerprint density at radius 2 is 1.03 bits per heavy atom. The van der Waals surface area contributed by atoms with Gasteiger partial charge >= 0.3 is 5.97 Å². The van der Waals surface area contributed by atoms with Crippen LogP contribution in [0.2, 0.25) is 0 Å². The Morgan fingerprint density at radius 3 is 1.49 bits per heavy atom. The molecule has 0 bridgehead atoms. The van der Waals surface area contributed by atoms with Crippen LogP contribution in [0.4, 0.5) is 0 Å². The zero-order chi connectivity index (χ0) is 71.0. The Hall–Kier alpha value is -8.67. The minimum atomic E-state index is -1.73. The lowest BCUT2D eigenvalue weighted by Gasteiger charge is -2.30. The molecule has 0 spiro atoms. The number of carbonyl (C=O) groups excluding carboxylic acids is 13. The van der Waals surface area contributed by atoms with Crippen LogP contribution >= 0.6 is 11.8 Å². The second-order valence-corrected chi connectivity index (χ2v) is 25.1. The van der Waals surface area contributed by atoms with Crippen LogP contribution in [0.25, 0.3) is 0 Å². The molecule has 1 heterocycles. The zero-order valence-corrected chi connectivity index (χ0v) is 55.3. The molecule has 13 amide bonds. The van der Waals surface area contributed by atoms with Gasteiger partial charge in [-0.3, -0.25) is 72.1 Å². The van der Waals surface area contributed by atoms with Crippen LogP contribution in [0.3, 0.4) is 0 Å². The highest BCUT2D eigenvalue weighted by molar-refractivity contribution is 7.98. The van der Waals surface area contributed by atoms with Gasteiger partial charge in [-0.2, -0.15) is 11.8 Å². The van der Waals surface area contributed by atoms with E-state index >= 15 is 0 Å². The molecule has 0 unspecified atom stereocenters. The van der Waals surface area contributed by atoms with Crippen molar-refractivity contribution in [2.24, 2.45) is 57.1 Å². The van der Waals surface area contributed by atoms with Crippen molar-refractivity contribution in [2.45, 2.75) is 210 Å². The van der Waals surface area contributed by atoms with Crippen LogP contribution in [0.1, 0.15) is 144 Å². The number of aromatic amines is 1. The number of aliphatic imine (C=N–C) groups is 1. The number of hydrogen-bond donors (Lipinski definition) is 19. The van der Waals surface area contributed by atoms with E-state index in [2.05, 4.69) is 68.1 Å². The van der Waals surface area contributed by atoms with Gasteiger partial charge in [0.05, 0.1) is 18.5 Å². The van der Waals surface area contributed by atoms with Crippen LogP contribution in [0.5, 0.6) is 0 Å². The molecule has 35 nitrogen and oxygen atoms in total. The van der Waals surface area contributed by atoms with Crippen LogP contribution < -0.4 is 87.6 Å². The number of hydrogen-bond acceptors (Lipinski definition) is 19. The third kappa shape index (κ3) is 29.1. The van der Waals surface area contributed by atoms with Gasteiger partial charge in [0.15, 0.2) is 5.96 Å². The van der Waals surface area contributed by atoms with Crippen molar-refractivity contribution in [3.8, 4) is 0 Å². The number of carboxylic acid groups (broad SMARTS) is 1. The molecule has 0 saturated heterocycles. The SMILES string of the molecule is CC[C@H](C)[C@H](NC(=O)[C@H](CCC(=O)O)NC(=O)[C@H](CO)NC(=O)[C@@H](NC(=O)C1(N)CCCC1)C(C)C)C(=O)N[C@@H](CCC(N)=O)C(=O)N[C@@H](CC(C)C)C(=O)N[C@@H](CCSC)C(=O)N[C@@H](Cc1cnc[nH]1)C(=O)N[C@@H](CCC(N)=O)C(=O)N[C@@H](CCCN=C(N)N)C(N)=O. The number of amides is 13. The molecular formula is C58H99N19O16S. The fourth-order valence-corrected chi connectivity index (χ4v) is 10.3. The lowest BCUT2D eigenvalue weighted by atomic mass is 9.95. The van der Waals surface area contributed by atoms with Gasteiger partial charge in [0.2, 0.25) is 76.8 Å². The first-order valence-electron chi connectivity index (χ1n) is 31.2. The number of carbonyl (C=O) groups is 14. The van der Waals surface area contributed by atoms with Crippen LogP contribution in [0, 0.1) is 17.8 Å². The zero-order valence-electron chi connectivity index (χ0n) is 54.5. The summed E-state index contributed by atoms with van der Waals surface area (Å²) in [5.41, 5.74) is 32.6. The van der Waals surface area contributed by atoms with Crippen LogP contribution in [-0.2, 0) is 73.5 Å². The smallest absolute Gasteiger partial charge is 0.303 e. The molecule has 0 radical (unpaired) electrons. The molecule has 0 aliphatic heterocycles. The van der Waals surface area contributed by atoms with E-state index in [4.69, 9.17) is 34.4 Å². The van der Waals surface area contributed by atoms with E-state index in [0.29, 0.717) is 31.4 Å². The second-order valence-electron chi connectivity index (χ2n) is 24.1. The number of thioether (sulfide) groups is 1. The number of primary amides is 3. The molecule has 0 aromatic carbocycles. The Morgan fingerprint density at radius 1 is 0.585 bits per heavy atom. The normalized spacial score (nSPS) is 16.0. The minimum absolute atomic E-state index is 0.0152. The van der Waals surface area contributed by atoms with Crippen molar-refractivity contribution in [2.75, 3.05) is 25.2 Å². The number of nitrogens with two attached hydrogens (primary N) is 6. The number of aliphatic carboxylic acids is 1. The summed E-state index contributed by atoms with van der Waals surface area (Å²) >= 11 is 1.30. The highest BCUT2D eigenvalue weighted by Crippen LogP contribution is 2.28. The summed E-state index contributed by atoms with van der Waals surface area (Å²) in [6, 6.07) is -15.0. The highest BCUT2D eigenvalue weighted by Gasteiger charge is 2.41. The molecule has 1 saturated carbocycles. The average Bonchev–Trinajstić information content (AvgIpc) is 1.48. The van der Waals surface area contributed by atoms with Crippen molar-refractivity contribution in [3.05, 3.63) is 18.2 Å². The number of nitrogens with zero attached hydrogens (tertiary/aromatic N) is 2. The molecule has 1 aliphatic rings. The number of H-pyrrole nitrogens is 1. The van der Waals surface area contributed by atoms with Gasteiger partial charge in [-0.15, -0.1) is 0 Å². The number of imidazole rings is 1. The maximum Gasteiger partial charge on any atom is 0.303 e. The molecular weight excluding hydrogens is 1250 g/mol. The number of nitrogens with one attached hydrogen (secondary N) is 11. The Balaban J connectivity index is 2.47. The summed E-state index contributed by atoms with van der Waals surface area (Å²) in [6.45, 7) is 8.99. The summed E-state index contributed by atoms with van der Waals surface area (Å²) in [7, 11) is 0. The van der Waals surface area contributed by atoms with Crippen molar-refractivity contribution >= 4 is 100 Å². The number of aliphatic hydroxyl groups excluding tert-OH is 1. The second kappa shape index (κ2) is 41.1. The Labute approximate surface area is 549 Å². The number of aromatic nitrogens is 2. The Bertz CT molecular complexity index is 2780. The van der Waals surface area contributed by atoms with E-state index in [1.807, 2.05) is 0 Å². The number of carboxylic acids is 1. The molecule has 1 aromatic rings. The standard InChI is InChI=1S/C58H99N19O16S/c1-8-31(6)45(76-50(87)36(15-18-43(81)82)70-53(90)40(27-78)75-54(91)44(30(4)5)77-56(93)58(64)20-9-10-21-58)55(92)72-35(14-17-42(60)80)48(85)73-38(24-29(2)3)51(88)71-37(19-23-94-7)49(86)74-39(25-32-26-65-28-67-32)52(89)69-34(13-16-41(59)79)47(84)68-33(46(61)83)12-11-22-66-57(62)63/h26,28-31,33-40,44-45,78H,8-25,27,64H2,1-7H3,(H2,59,79)(H2,60,80)(H2,61,83)(H,65,67)(H,68,84)(H,69,89)(H,70,90)(H,71,88)(H,72,92)(H,73,85)(H,74,86)(H,75,91)(H,76,87)(H,77,93)(H,81,82)(H4,62,63,66)/t31-,33-,34-,35-,36-,37-,38-,39-,40-,44-,45-/m0/s1. The third-order valence-electron chi connectivity index (χ3n) is 15.5. The van der Waals surface area contributed by atoms with Crippen LogP contribution in [0.15, 0.2) is 17.5 Å². The molecule has 2 rings (SSSR count). The maximum atomic E-state index is 14.5. The number of guanidine groups is 1. The van der Waals surface area contributed by atoms with E-state index in [-0.39, 0.29) is 69.1 Å². The average molecular weight is 1350 g/mol. The lowest BCUT2D eigenvalue weighted by molar-refractivity contribution is -0.139. The molecule has 25 N–H and O–H groups in total. The fourth-order valence-electron chi connectivity index (χ4n) is 9.83.